The molecule has 1 saturated carbocycles. The van der Waals surface area contributed by atoms with E-state index in [0.717, 1.165) is 41.5 Å². The molecule has 2 bridgehead atoms. The predicted molar refractivity (Wildman–Crippen MR) is 118 cm³/mol. The fourth-order valence-corrected chi connectivity index (χ4v) is 6.11. The molecule has 5 atom stereocenters. The highest BCUT2D eigenvalue weighted by atomic mass is 16.5. The first-order valence-electron chi connectivity index (χ1n) is 11.3. The lowest BCUT2D eigenvalue weighted by Crippen LogP contribution is -2.29. The number of aryl methyl sites for hydroxylation is 2. The molecule has 1 aliphatic carbocycles. The molecule has 2 aromatic rings. The van der Waals surface area contributed by atoms with Crippen molar-refractivity contribution < 1.29 is 14.3 Å². The van der Waals surface area contributed by atoms with E-state index in [4.69, 9.17) is 4.74 Å². The first kappa shape index (κ1) is 19.7. The van der Waals surface area contributed by atoms with Crippen LogP contribution in [0, 0.1) is 31.6 Å². The first-order chi connectivity index (χ1) is 14.3. The number of ketones is 2. The van der Waals surface area contributed by atoms with Crippen molar-refractivity contribution >= 4 is 11.6 Å². The number of ether oxygens (including phenoxy) is 1. The normalized spacial score (nSPS) is 29.8. The minimum absolute atomic E-state index is 0.0364. The van der Waals surface area contributed by atoms with Crippen molar-refractivity contribution in [2.45, 2.75) is 65.1 Å². The van der Waals surface area contributed by atoms with Crippen molar-refractivity contribution in [1.82, 2.24) is 0 Å². The summed E-state index contributed by atoms with van der Waals surface area (Å²) in [5.41, 5.74) is 6.68. The summed E-state index contributed by atoms with van der Waals surface area (Å²) in [4.78, 5) is 26.5. The van der Waals surface area contributed by atoms with Gasteiger partial charge in [-0.15, -0.1) is 0 Å². The Bertz CT molecular complexity index is 966. The van der Waals surface area contributed by atoms with Crippen molar-refractivity contribution in [2.24, 2.45) is 17.8 Å². The van der Waals surface area contributed by atoms with Gasteiger partial charge in [-0.2, -0.15) is 0 Å². The third-order valence-corrected chi connectivity index (χ3v) is 7.31. The van der Waals surface area contributed by atoms with Crippen LogP contribution >= 0.6 is 0 Å². The van der Waals surface area contributed by atoms with E-state index in [1.807, 2.05) is 13.8 Å². The van der Waals surface area contributed by atoms with Gasteiger partial charge >= 0.3 is 0 Å². The van der Waals surface area contributed by atoms with E-state index in [-0.39, 0.29) is 35.6 Å². The Morgan fingerprint density at radius 3 is 1.90 bits per heavy atom. The number of benzene rings is 2. The fraction of sp³-hybridized carbons (Fsp3) is 0.481. The van der Waals surface area contributed by atoms with Crippen molar-refractivity contribution in [3.05, 3.63) is 58.7 Å². The van der Waals surface area contributed by atoms with Crippen molar-refractivity contribution in [3.63, 3.8) is 0 Å². The van der Waals surface area contributed by atoms with E-state index in [2.05, 4.69) is 50.2 Å². The van der Waals surface area contributed by atoms with Crippen LogP contribution in [0.3, 0.4) is 0 Å². The second-order valence-corrected chi connectivity index (χ2v) is 9.90. The third-order valence-electron chi connectivity index (χ3n) is 7.31. The van der Waals surface area contributed by atoms with E-state index < -0.39 is 5.92 Å². The molecule has 2 saturated heterocycles. The van der Waals surface area contributed by atoms with Gasteiger partial charge in [0.2, 0.25) is 0 Å². The molecule has 3 aliphatic rings. The van der Waals surface area contributed by atoms with Crippen LogP contribution < -0.4 is 0 Å². The molecular formula is C27H30O3. The lowest BCUT2D eigenvalue weighted by Gasteiger charge is -2.19. The highest BCUT2D eigenvalue weighted by Crippen LogP contribution is 2.53. The van der Waals surface area contributed by atoms with Crippen LogP contribution in [-0.4, -0.2) is 23.8 Å². The maximum absolute atomic E-state index is 13.3. The second-order valence-electron chi connectivity index (χ2n) is 9.90. The number of Topliss-reactive ketones (excluding diaryl/α,β-unsaturated/α-hetero) is 2. The summed E-state index contributed by atoms with van der Waals surface area (Å²) in [5.74, 6) is -0.208. The summed E-state index contributed by atoms with van der Waals surface area (Å²) in [6, 6.07) is 13.0. The average molecular weight is 403 g/mol. The minimum Gasteiger partial charge on any atom is -0.373 e. The molecular weight excluding hydrogens is 372 g/mol. The van der Waals surface area contributed by atoms with Crippen molar-refractivity contribution in [1.29, 1.82) is 0 Å². The van der Waals surface area contributed by atoms with Gasteiger partial charge in [-0.3, -0.25) is 9.59 Å². The topological polar surface area (TPSA) is 43.4 Å². The van der Waals surface area contributed by atoms with Gasteiger partial charge in [0.05, 0.1) is 24.0 Å². The molecule has 30 heavy (non-hydrogen) atoms. The Hall–Kier alpha value is -2.26. The fourth-order valence-electron chi connectivity index (χ4n) is 6.11. The molecule has 0 N–H and O–H groups in total. The lowest BCUT2D eigenvalue weighted by molar-refractivity contribution is -0.127. The summed E-state index contributed by atoms with van der Waals surface area (Å²) >= 11 is 0. The van der Waals surface area contributed by atoms with Crippen LogP contribution in [0.5, 0.6) is 0 Å². The van der Waals surface area contributed by atoms with Crippen LogP contribution in [0.15, 0.2) is 36.4 Å². The lowest BCUT2D eigenvalue weighted by atomic mass is 9.81. The highest BCUT2D eigenvalue weighted by Gasteiger charge is 2.63. The Labute approximate surface area is 178 Å². The number of fused-ring (bicyclic) bond motifs is 5. The van der Waals surface area contributed by atoms with Gasteiger partial charge in [-0.05, 0) is 72.4 Å². The van der Waals surface area contributed by atoms with Crippen LogP contribution in [0.2, 0.25) is 0 Å². The largest absolute Gasteiger partial charge is 0.373 e. The van der Waals surface area contributed by atoms with Crippen molar-refractivity contribution in [2.75, 3.05) is 0 Å². The molecule has 3 fully saturated rings. The number of carbonyl (C=O) groups excluding carboxylic acids is 2. The zero-order valence-electron chi connectivity index (χ0n) is 18.3. The average Bonchev–Trinajstić information content (AvgIpc) is 3.37. The zero-order chi connectivity index (χ0) is 21.2. The maximum Gasteiger partial charge on any atom is 0.154 e. The molecule has 3 unspecified atom stereocenters. The van der Waals surface area contributed by atoms with Gasteiger partial charge in [0.15, 0.2) is 11.6 Å². The minimum atomic E-state index is -0.602. The Morgan fingerprint density at radius 1 is 0.867 bits per heavy atom. The van der Waals surface area contributed by atoms with E-state index in [1.165, 1.54) is 11.1 Å². The van der Waals surface area contributed by atoms with Crippen LogP contribution in [0.1, 0.15) is 54.9 Å². The Kier molecular flexibility index (Phi) is 4.70. The monoisotopic (exact) mass is 402 g/mol. The van der Waals surface area contributed by atoms with Gasteiger partial charge in [0.1, 0.15) is 5.92 Å². The van der Waals surface area contributed by atoms with Gasteiger partial charge in [0, 0.05) is 0 Å². The molecule has 0 radical (unpaired) electrons. The molecule has 156 valence electrons. The molecule has 3 nitrogen and oxygen atoms in total. The molecule has 0 spiro atoms. The van der Waals surface area contributed by atoms with Crippen molar-refractivity contribution in [3.8, 4) is 11.1 Å². The summed E-state index contributed by atoms with van der Waals surface area (Å²) < 4.78 is 5.89. The summed E-state index contributed by atoms with van der Waals surface area (Å²) in [5, 5.41) is 0. The molecule has 0 aromatic heterocycles. The number of hydrogen-bond donors (Lipinski definition) is 0. The van der Waals surface area contributed by atoms with Gasteiger partial charge < -0.3 is 4.74 Å². The van der Waals surface area contributed by atoms with E-state index in [1.54, 1.807) is 0 Å². The van der Waals surface area contributed by atoms with Crippen LogP contribution in [0.4, 0.5) is 0 Å². The van der Waals surface area contributed by atoms with E-state index >= 15 is 0 Å². The number of hydrogen-bond acceptors (Lipinski definition) is 3. The highest BCUT2D eigenvalue weighted by molar-refractivity contribution is 6.17. The summed E-state index contributed by atoms with van der Waals surface area (Å²) in [6.45, 7) is 8.55. The van der Waals surface area contributed by atoms with Crippen LogP contribution in [0.25, 0.3) is 11.1 Å². The zero-order valence-corrected chi connectivity index (χ0v) is 18.3. The Morgan fingerprint density at radius 2 is 1.40 bits per heavy atom. The van der Waals surface area contributed by atoms with E-state index in [0.29, 0.717) is 5.92 Å². The van der Waals surface area contributed by atoms with Gasteiger partial charge in [-0.25, -0.2) is 0 Å². The number of rotatable bonds is 4. The summed E-state index contributed by atoms with van der Waals surface area (Å²) in [6.07, 6.45) is 2.84. The quantitative estimate of drug-likeness (QED) is 0.661. The van der Waals surface area contributed by atoms with Gasteiger partial charge in [-0.1, -0.05) is 50.2 Å². The third kappa shape index (κ3) is 2.98. The SMILES string of the molecule is Cc1cc(-c2ccc(CC(C)C)cc2)cc(C)c1C1C(=O)[C@@H]2C3CCC(O3)[C@@H]2C1=O. The standard InChI is InChI=1S/C27H30O3/c1-14(2)11-17-5-7-18(8-6-17)19-12-15(3)22(16(4)13-19)25-26(28)23-20-9-10-21(30-20)24(23)27(25)29/h5-8,12-14,20-21,23-25H,9-11H2,1-4H3/t20?,21?,23-,24+,25?. The predicted octanol–water partition coefficient (Wildman–Crippen LogP) is 5.20. The second kappa shape index (κ2) is 7.16. The van der Waals surface area contributed by atoms with E-state index in [9.17, 15) is 9.59 Å². The summed E-state index contributed by atoms with van der Waals surface area (Å²) in [7, 11) is 0. The smallest absolute Gasteiger partial charge is 0.154 e. The van der Waals surface area contributed by atoms with Gasteiger partial charge in [0.25, 0.3) is 0 Å². The maximum atomic E-state index is 13.3. The van der Waals surface area contributed by atoms with Crippen LogP contribution in [-0.2, 0) is 20.7 Å². The molecule has 2 heterocycles. The molecule has 5 rings (SSSR count). The first-order valence-corrected chi connectivity index (χ1v) is 11.3. The molecule has 2 aromatic carbocycles. The Balaban J connectivity index is 1.47. The molecule has 0 amide bonds. The molecule has 2 aliphatic heterocycles. The number of carbonyl (C=O) groups is 2. The molecule has 3 heteroatoms.